The van der Waals surface area contributed by atoms with Crippen molar-refractivity contribution in [3.8, 4) is 0 Å². The average Bonchev–Trinajstić information content (AvgIpc) is 3.11. The molecule has 0 aliphatic carbocycles. The molecule has 0 spiro atoms. The van der Waals surface area contributed by atoms with Crippen molar-refractivity contribution in [3.05, 3.63) is 54.4 Å². The van der Waals surface area contributed by atoms with Gasteiger partial charge >= 0.3 is 0 Å². The van der Waals surface area contributed by atoms with Gasteiger partial charge in [0, 0.05) is 65.9 Å². The van der Waals surface area contributed by atoms with Crippen LogP contribution in [0.2, 0.25) is 0 Å². The number of nitrogens with zero attached hydrogens (tertiary/aromatic N) is 5. The van der Waals surface area contributed by atoms with Crippen LogP contribution in [-0.2, 0) is 18.4 Å². The van der Waals surface area contributed by atoms with E-state index in [1.54, 1.807) is 19.0 Å². The fourth-order valence-corrected chi connectivity index (χ4v) is 2.90. The number of carbonyl (C=O) groups excluding carboxylic acids is 1. The molecule has 1 aromatic heterocycles. The first-order valence-electron chi connectivity index (χ1n) is 9.94. The van der Waals surface area contributed by atoms with E-state index in [2.05, 4.69) is 62.1 Å². The lowest BCUT2D eigenvalue weighted by Crippen LogP contribution is -2.41. The maximum Gasteiger partial charge on any atom is 0.243 e. The largest absolute Gasteiger partial charge is 0.375 e. The maximum absolute atomic E-state index is 12.0. The van der Waals surface area contributed by atoms with Crippen LogP contribution < -0.4 is 10.2 Å². The van der Waals surface area contributed by atoms with Gasteiger partial charge in [-0.25, -0.2) is 4.99 Å². The molecule has 1 aromatic carbocycles. The van der Waals surface area contributed by atoms with Crippen LogP contribution in [-0.4, -0.2) is 74.1 Å². The van der Waals surface area contributed by atoms with Gasteiger partial charge in [-0.3, -0.25) is 4.79 Å². The van der Waals surface area contributed by atoms with Crippen molar-refractivity contribution in [1.82, 2.24) is 19.7 Å². The molecule has 0 fully saturated rings. The van der Waals surface area contributed by atoms with Gasteiger partial charge in [0.25, 0.3) is 0 Å². The molecule has 0 bridgehead atoms. The minimum Gasteiger partial charge on any atom is -0.375 e. The Morgan fingerprint density at radius 2 is 1.77 bits per heavy atom. The molecule has 30 heavy (non-hydrogen) atoms. The van der Waals surface area contributed by atoms with Crippen LogP contribution >= 0.6 is 24.0 Å². The number of hydrogen-bond acceptors (Lipinski definition) is 3. The highest BCUT2D eigenvalue weighted by Crippen LogP contribution is 2.10. The lowest BCUT2D eigenvalue weighted by atomic mass is 10.3. The van der Waals surface area contributed by atoms with E-state index in [9.17, 15) is 4.79 Å². The van der Waals surface area contributed by atoms with E-state index >= 15 is 0 Å². The summed E-state index contributed by atoms with van der Waals surface area (Å²) in [4.78, 5) is 22.4. The van der Waals surface area contributed by atoms with Gasteiger partial charge < -0.3 is 24.6 Å². The number of aromatic nitrogens is 1. The summed E-state index contributed by atoms with van der Waals surface area (Å²) in [6, 6.07) is 14.5. The van der Waals surface area contributed by atoms with E-state index in [1.807, 2.05) is 32.4 Å². The molecule has 7 nitrogen and oxygen atoms in total. The van der Waals surface area contributed by atoms with Gasteiger partial charge in [0.05, 0.1) is 6.54 Å². The van der Waals surface area contributed by atoms with E-state index < -0.39 is 0 Å². The molecule has 166 valence electrons. The number of guanidine groups is 1. The van der Waals surface area contributed by atoms with Crippen LogP contribution in [0.1, 0.15) is 12.1 Å². The molecule has 0 aliphatic rings. The van der Waals surface area contributed by atoms with Crippen molar-refractivity contribution in [2.75, 3.05) is 52.7 Å². The highest BCUT2D eigenvalue weighted by atomic mass is 127. The summed E-state index contributed by atoms with van der Waals surface area (Å²) in [6.45, 7) is 2.57. The molecule has 0 radical (unpaired) electrons. The standard InChI is InChI=1S/C22H34N6O.HI/c1-25(2)21(29)17-24-22(28(5)18-20-13-9-15-27(20)4)23-14-10-16-26(3)19-11-7-6-8-12-19;/h6-9,11-13,15H,10,14,16-18H2,1-5H3,(H,23,24);1H. The minimum atomic E-state index is -0.0135. The zero-order valence-electron chi connectivity index (χ0n) is 18.7. The van der Waals surface area contributed by atoms with Gasteiger partial charge in [-0.05, 0) is 30.7 Å². The first kappa shape index (κ1) is 25.8. The Bertz CT molecular complexity index is 790. The first-order chi connectivity index (χ1) is 13.9. The van der Waals surface area contributed by atoms with Crippen molar-refractivity contribution >= 4 is 41.5 Å². The molecule has 0 saturated heterocycles. The minimum absolute atomic E-state index is 0. The first-order valence-corrected chi connectivity index (χ1v) is 9.94. The molecule has 8 heteroatoms. The predicted octanol–water partition coefficient (Wildman–Crippen LogP) is 2.64. The summed E-state index contributed by atoms with van der Waals surface area (Å²) in [7, 11) is 9.62. The van der Waals surface area contributed by atoms with Crippen LogP contribution in [0.4, 0.5) is 5.69 Å². The summed E-state index contributed by atoms with van der Waals surface area (Å²) in [5.41, 5.74) is 2.39. The quantitative estimate of drug-likeness (QED) is 0.236. The van der Waals surface area contributed by atoms with Gasteiger partial charge in [0.15, 0.2) is 5.96 Å². The van der Waals surface area contributed by atoms with Gasteiger partial charge in [-0.15, -0.1) is 24.0 Å². The van der Waals surface area contributed by atoms with Crippen molar-refractivity contribution in [3.63, 3.8) is 0 Å². The molecule has 1 heterocycles. The number of aliphatic imine (C=N–C) groups is 1. The third-order valence-corrected chi connectivity index (χ3v) is 4.83. The molecule has 0 saturated carbocycles. The molecule has 2 aromatic rings. The normalized spacial score (nSPS) is 10.9. The molecule has 0 atom stereocenters. The number of nitrogens with one attached hydrogen (secondary N) is 1. The third-order valence-electron chi connectivity index (χ3n) is 4.83. The van der Waals surface area contributed by atoms with Gasteiger partial charge in [-0.1, -0.05) is 18.2 Å². The Morgan fingerprint density at radius 3 is 2.37 bits per heavy atom. The summed E-state index contributed by atoms with van der Waals surface area (Å²) in [5, 5.41) is 3.42. The number of anilines is 1. The zero-order valence-corrected chi connectivity index (χ0v) is 21.0. The number of para-hydroxylation sites is 1. The van der Waals surface area contributed by atoms with Crippen LogP contribution in [0.3, 0.4) is 0 Å². The number of amides is 1. The van der Waals surface area contributed by atoms with Crippen LogP contribution in [0.25, 0.3) is 0 Å². The number of carbonyl (C=O) groups is 1. The van der Waals surface area contributed by atoms with Crippen LogP contribution in [0.15, 0.2) is 53.7 Å². The number of hydrogen-bond donors (Lipinski definition) is 1. The molecular weight excluding hydrogens is 491 g/mol. The Kier molecular flexibility index (Phi) is 11.3. The van der Waals surface area contributed by atoms with Crippen molar-refractivity contribution in [2.45, 2.75) is 13.0 Å². The van der Waals surface area contributed by atoms with E-state index in [4.69, 9.17) is 0 Å². The highest BCUT2D eigenvalue weighted by molar-refractivity contribution is 14.0. The average molecular weight is 526 g/mol. The molecule has 2 rings (SSSR count). The summed E-state index contributed by atoms with van der Waals surface area (Å²) >= 11 is 0. The van der Waals surface area contributed by atoms with Crippen LogP contribution in [0.5, 0.6) is 0 Å². The van der Waals surface area contributed by atoms with Crippen molar-refractivity contribution in [1.29, 1.82) is 0 Å². The van der Waals surface area contributed by atoms with E-state index in [0.29, 0.717) is 0 Å². The van der Waals surface area contributed by atoms with E-state index in [1.165, 1.54) is 11.4 Å². The molecule has 0 unspecified atom stereocenters. The number of benzene rings is 1. The summed E-state index contributed by atoms with van der Waals surface area (Å²) < 4.78 is 2.09. The molecule has 0 aliphatic heterocycles. The second-order valence-electron chi connectivity index (χ2n) is 7.43. The maximum atomic E-state index is 12.0. The Morgan fingerprint density at radius 1 is 1.07 bits per heavy atom. The Hall–Kier alpha value is -2.23. The van der Waals surface area contributed by atoms with Gasteiger partial charge in [0.2, 0.25) is 5.91 Å². The van der Waals surface area contributed by atoms with E-state index in [-0.39, 0.29) is 36.4 Å². The second kappa shape index (κ2) is 13.1. The van der Waals surface area contributed by atoms with Crippen molar-refractivity contribution in [2.24, 2.45) is 12.0 Å². The number of likely N-dealkylation sites (N-methyl/N-ethyl adjacent to an activating group) is 1. The summed E-state index contributed by atoms with van der Waals surface area (Å²) in [5.74, 6) is 0.726. The van der Waals surface area contributed by atoms with E-state index in [0.717, 1.165) is 32.0 Å². The molecule has 1 N–H and O–H groups in total. The zero-order chi connectivity index (χ0) is 21.2. The molecule has 1 amide bonds. The van der Waals surface area contributed by atoms with Crippen LogP contribution in [0, 0.1) is 0 Å². The Balaban J connectivity index is 0.00000450. The topological polar surface area (TPSA) is 56.1 Å². The predicted molar refractivity (Wildman–Crippen MR) is 136 cm³/mol. The highest BCUT2D eigenvalue weighted by Gasteiger charge is 2.11. The summed E-state index contributed by atoms with van der Waals surface area (Å²) in [6.07, 6.45) is 2.99. The lowest BCUT2D eigenvalue weighted by Gasteiger charge is -2.24. The lowest BCUT2D eigenvalue weighted by molar-refractivity contribution is -0.127. The smallest absolute Gasteiger partial charge is 0.243 e. The second-order valence-corrected chi connectivity index (χ2v) is 7.43. The fourth-order valence-electron chi connectivity index (χ4n) is 2.90. The third kappa shape index (κ3) is 8.25. The number of rotatable bonds is 9. The SMILES string of the molecule is CN(C)C(=O)CN=C(NCCCN(C)c1ccccc1)N(C)Cc1cccn1C.I. The van der Waals surface area contributed by atoms with Gasteiger partial charge in [-0.2, -0.15) is 0 Å². The molecular formula is C22H35IN6O. The fraction of sp³-hybridized carbons (Fsp3) is 0.455. The van der Waals surface area contributed by atoms with Crippen molar-refractivity contribution < 1.29 is 4.79 Å². The number of halogens is 1. The monoisotopic (exact) mass is 526 g/mol. The Labute approximate surface area is 197 Å². The van der Waals surface area contributed by atoms with Gasteiger partial charge in [0.1, 0.15) is 6.54 Å². The number of aryl methyl sites for hydroxylation is 1.